The molecule has 0 unspecified atom stereocenters. The van der Waals surface area contributed by atoms with Gasteiger partial charge in [0, 0.05) is 12.3 Å². The van der Waals surface area contributed by atoms with E-state index in [4.69, 9.17) is 18.9 Å². The van der Waals surface area contributed by atoms with Crippen LogP contribution in [0, 0.1) is 0 Å². The zero-order valence-electron chi connectivity index (χ0n) is 18.1. The van der Waals surface area contributed by atoms with Crippen molar-refractivity contribution in [3.63, 3.8) is 0 Å². The van der Waals surface area contributed by atoms with Gasteiger partial charge in [-0.3, -0.25) is 9.36 Å². The molecule has 0 saturated heterocycles. The molecule has 0 N–H and O–H groups in total. The Labute approximate surface area is 182 Å². The molecule has 32 heavy (non-hydrogen) atoms. The van der Waals surface area contributed by atoms with Crippen LogP contribution in [0.3, 0.4) is 0 Å². The van der Waals surface area contributed by atoms with E-state index >= 15 is 0 Å². The van der Waals surface area contributed by atoms with Gasteiger partial charge in [-0.1, -0.05) is 0 Å². The molecule has 12 nitrogen and oxygen atoms in total. The molecule has 0 aromatic carbocycles. The van der Waals surface area contributed by atoms with Crippen LogP contribution in [-0.2, 0) is 38.1 Å². The Hall–Kier alpha value is -3.96. The molecular weight excluding hydrogens is 428 g/mol. The van der Waals surface area contributed by atoms with Crippen LogP contribution in [0.1, 0.15) is 27.7 Å². The average Bonchev–Trinajstić information content (AvgIpc) is 2.72. The summed E-state index contributed by atoms with van der Waals surface area (Å²) < 4.78 is 20.1. The highest BCUT2D eigenvalue weighted by molar-refractivity contribution is 6.16. The quantitative estimate of drug-likeness (QED) is 0.268. The summed E-state index contributed by atoms with van der Waals surface area (Å²) in [6, 6.07) is 0.845. The maximum Gasteiger partial charge on any atom is 0.355 e. The summed E-state index contributed by atoms with van der Waals surface area (Å²) in [4.78, 5) is 74.1. The molecule has 0 spiro atoms. The molecule has 0 atom stereocenters. The molecule has 1 heterocycles. The Bertz CT molecular complexity index is 1050. The van der Waals surface area contributed by atoms with E-state index in [1.165, 1.54) is 27.7 Å². The van der Waals surface area contributed by atoms with Crippen LogP contribution in [0.4, 0.5) is 0 Å². The van der Waals surface area contributed by atoms with Crippen molar-refractivity contribution in [1.82, 2.24) is 9.13 Å². The molecule has 1 rings (SSSR count). The van der Waals surface area contributed by atoms with Crippen LogP contribution in [0.25, 0.3) is 11.4 Å². The van der Waals surface area contributed by atoms with Gasteiger partial charge >= 0.3 is 29.6 Å². The van der Waals surface area contributed by atoms with E-state index in [1.54, 1.807) is 0 Å². The molecule has 1 aromatic heterocycles. The summed E-state index contributed by atoms with van der Waals surface area (Å²) in [7, 11) is 0. The lowest BCUT2D eigenvalue weighted by Gasteiger charge is -2.13. The number of carbonyl (C=O) groups excluding carboxylic acids is 4. The number of hydrogen-bond acceptors (Lipinski definition) is 10. The number of ether oxygens (including phenoxy) is 4. The SMILES string of the molecule is CCOC(=O)/C=C(/C(=O)OCC)n1c(=O)ccn(/C(=C/C(=O)OCC)C(=O)OCC)c1=O. The number of aromatic nitrogens is 2. The Kier molecular flexibility index (Phi) is 10.3. The lowest BCUT2D eigenvalue weighted by atomic mass is 10.3. The fraction of sp³-hybridized carbons (Fsp3) is 0.400. The summed E-state index contributed by atoms with van der Waals surface area (Å²) in [6.45, 7) is 5.80. The molecule has 0 aliphatic rings. The predicted octanol–water partition coefficient (Wildman–Crippen LogP) is -0.0558. The molecule has 12 heteroatoms. The highest BCUT2D eigenvalue weighted by Gasteiger charge is 2.24. The van der Waals surface area contributed by atoms with Crippen LogP contribution < -0.4 is 11.2 Å². The molecule has 174 valence electrons. The van der Waals surface area contributed by atoms with Gasteiger partial charge in [0.05, 0.1) is 38.6 Å². The first-order valence-electron chi connectivity index (χ1n) is 9.68. The van der Waals surface area contributed by atoms with E-state index in [1.807, 2.05) is 0 Å². The van der Waals surface area contributed by atoms with E-state index < -0.39 is 46.5 Å². The number of nitrogens with zero attached hydrogens (tertiary/aromatic N) is 2. The third-order valence-electron chi connectivity index (χ3n) is 3.54. The van der Waals surface area contributed by atoms with Crippen molar-refractivity contribution in [1.29, 1.82) is 0 Å². The van der Waals surface area contributed by atoms with Crippen molar-refractivity contribution >= 4 is 35.3 Å². The van der Waals surface area contributed by atoms with Crippen LogP contribution in [-0.4, -0.2) is 59.4 Å². The normalized spacial score (nSPS) is 11.5. The van der Waals surface area contributed by atoms with Gasteiger partial charge in [-0.05, 0) is 27.7 Å². The van der Waals surface area contributed by atoms with Gasteiger partial charge < -0.3 is 18.9 Å². The van der Waals surface area contributed by atoms with E-state index in [0.29, 0.717) is 21.3 Å². The van der Waals surface area contributed by atoms with Crippen molar-refractivity contribution in [2.45, 2.75) is 27.7 Å². The van der Waals surface area contributed by atoms with Gasteiger partial charge in [0.1, 0.15) is 11.4 Å². The zero-order chi connectivity index (χ0) is 24.3. The minimum atomic E-state index is -1.25. The van der Waals surface area contributed by atoms with Gasteiger partial charge in [0.25, 0.3) is 5.56 Å². The minimum absolute atomic E-state index is 0.00484. The Morgan fingerprint density at radius 2 is 1.19 bits per heavy atom. The van der Waals surface area contributed by atoms with Crippen molar-refractivity contribution in [2.75, 3.05) is 26.4 Å². The van der Waals surface area contributed by atoms with Gasteiger partial charge in [0.2, 0.25) is 0 Å². The Balaban J connectivity index is 3.82. The van der Waals surface area contributed by atoms with E-state index in [0.717, 1.165) is 12.3 Å². The molecular formula is C20H24N2O10. The molecule has 0 radical (unpaired) electrons. The van der Waals surface area contributed by atoms with Gasteiger partial charge in [-0.2, -0.15) is 0 Å². The van der Waals surface area contributed by atoms with E-state index in [9.17, 15) is 28.8 Å². The highest BCUT2D eigenvalue weighted by Crippen LogP contribution is 2.08. The molecule has 0 bridgehead atoms. The van der Waals surface area contributed by atoms with Crippen LogP contribution >= 0.6 is 0 Å². The zero-order valence-corrected chi connectivity index (χ0v) is 18.1. The Morgan fingerprint density at radius 1 is 0.750 bits per heavy atom. The van der Waals surface area contributed by atoms with E-state index in [-0.39, 0.29) is 26.4 Å². The van der Waals surface area contributed by atoms with Crippen LogP contribution in [0.2, 0.25) is 0 Å². The van der Waals surface area contributed by atoms with Gasteiger partial charge in [0.15, 0.2) is 0 Å². The number of hydrogen-bond donors (Lipinski definition) is 0. The Morgan fingerprint density at radius 3 is 1.66 bits per heavy atom. The first-order valence-corrected chi connectivity index (χ1v) is 9.68. The molecule has 0 amide bonds. The average molecular weight is 452 g/mol. The lowest BCUT2D eigenvalue weighted by Crippen LogP contribution is -2.41. The van der Waals surface area contributed by atoms with Crippen LogP contribution in [0.5, 0.6) is 0 Å². The predicted molar refractivity (Wildman–Crippen MR) is 110 cm³/mol. The summed E-state index contributed by atoms with van der Waals surface area (Å²) in [6.07, 6.45) is 2.24. The van der Waals surface area contributed by atoms with Crippen molar-refractivity contribution < 1.29 is 38.1 Å². The monoisotopic (exact) mass is 452 g/mol. The second-order valence-corrected chi connectivity index (χ2v) is 5.65. The summed E-state index contributed by atoms with van der Waals surface area (Å²) in [5.74, 6) is -4.19. The number of rotatable bonds is 10. The molecule has 1 aromatic rings. The smallest absolute Gasteiger partial charge is 0.355 e. The van der Waals surface area contributed by atoms with Crippen molar-refractivity contribution in [3.8, 4) is 0 Å². The number of carbonyl (C=O) groups is 4. The topological polar surface area (TPSA) is 149 Å². The fourth-order valence-electron chi connectivity index (χ4n) is 2.33. The van der Waals surface area contributed by atoms with Crippen molar-refractivity contribution in [2.24, 2.45) is 0 Å². The van der Waals surface area contributed by atoms with Crippen LogP contribution in [0.15, 0.2) is 34.0 Å². The first kappa shape index (κ1) is 26.1. The maximum absolute atomic E-state index is 13.1. The molecule has 0 aliphatic carbocycles. The maximum atomic E-state index is 13.1. The number of esters is 4. The molecule has 0 saturated carbocycles. The van der Waals surface area contributed by atoms with E-state index in [2.05, 4.69) is 0 Å². The lowest BCUT2D eigenvalue weighted by molar-refractivity contribution is -0.139. The minimum Gasteiger partial charge on any atom is -0.463 e. The second kappa shape index (κ2) is 12.7. The summed E-state index contributed by atoms with van der Waals surface area (Å²) in [5, 5.41) is 0. The van der Waals surface area contributed by atoms with Gasteiger partial charge in [-0.15, -0.1) is 0 Å². The first-order chi connectivity index (χ1) is 15.2. The second-order valence-electron chi connectivity index (χ2n) is 5.65. The fourth-order valence-corrected chi connectivity index (χ4v) is 2.33. The molecule has 0 fully saturated rings. The third-order valence-corrected chi connectivity index (χ3v) is 3.54. The summed E-state index contributed by atoms with van der Waals surface area (Å²) >= 11 is 0. The highest BCUT2D eigenvalue weighted by atomic mass is 16.5. The van der Waals surface area contributed by atoms with Gasteiger partial charge in [-0.25, -0.2) is 28.5 Å². The largest absolute Gasteiger partial charge is 0.463 e. The van der Waals surface area contributed by atoms with Crippen molar-refractivity contribution in [3.05, 3.63) is 45.3 Å². The summed E-state index contributed by atoms with van der Waals surface area (Å²) in [5.41, 5.74) is -3.57. The third kappa shape index (κ3) is 6.79. The molecule has 0 aliphatic heterocycles. The standard InChI is InChI=1S/C20H24N2O10/c1-5-29-16(24)11-13(18(26)31-7-3)21-10-9-15(23)22(20(21)28)14(19(27)32-8-4)12-17(25)30-6-2/h9-12H,5-8H2,1-4H3/b13-11+,14-12-.